The van der Waals surface area contributed by atoms with Crippen LogP contribution in [-0.2, 0) is 19.1 Å². The van der Waals surface area contributed by atoms with E-state index in [1.54, 1.807) is 0 Å². The molecule has 29 heavy (non-hydrogen) atoms. The van der Waals surface area contributed by atoms with Gasteiger partial charge in [0.05, 0.1) is 12.7 Å². The minimum Gasteiger partial charge on any atom is -0.487 e. The van der Waals surface area contributed by atoms with Gasteiger partial charge < -0.3 is 19.7 Å². The molecule has 0 radical (unpaired) electrons. The van der Waals surface area contributed by atoms with E-state index in [1.165, 1.54) is 6.92 Å². The fourth-order valence-electron chi connectivity index (χ4n) is 5.03. The predicted octanol–water partition coefficient (Wildman–Crippen LogP) is 3.21. The number of carbonyl (C=O) groups is 2. The number of Topliss-reactive ketones (excluding diaryl/α,β-unsaturated/α-hetero) is 1. The van der Waals surface area contributed by atoms with Crippen molar-refractivity contribution in [2.45, 2.75) is 90.4 Å². The van der Waals surface area contributed by atoms with Crippen molar-refractivity contribution in [2.24, 2.45) is 11.8 Å². The van der Waals surface area contributed by atoms with Crippen LogP contribution < -0.4 is 0 Å². The summed E-state index contributed by atoms with van der Waals surface area (Å²) in [6, 6.07) is 0. The molecular formula is C23H34O6. The van der Waals surface area contributed by atoms with Gasteiger partial charge in [-0.05, 0) is 49.2 Å². The number of hydrogen-bond acceptors (Lipinski definition) is 6. The molecule has 0 saturated carbocycles. The Morgan fingerprint density at radius 3 is 2.69 bits per heavy atom. The van der Waals surface area contributed by atoms with Gasteiger partial charge >= 0.3 is 5.97 Å². The summed E-state index contributed by atoms with van der Waals surface area (Å²) in [6.45, 7) is 8.05. The normalized spacial score (nSPS) is 31.2. The molecule has 0 saturated heterocycles. The number of allylic oxidation sites excluding steroid dienone is 1. The number of carbonyl (C=O) groups excluding carboxylic acids is 2. The average molecular weight is 407 g/mol. The van der Waals surface area contributed by atoms with E-state index in [2.05, 4.69) is 13.8 Å². The molecule has 2 aliphatic carbocycles. The zero-order valence-electron chi connectivity index (χ0n) is 18.0. The summed E-state index contributed by atoms with van der Waals surface area (Å²) < 4.78 is 11.3. The minimum atomic E-state index is -0.937. The number of ketones is 1. The van der Waals surface area contributed by atoms with Gasteiger partial charge in [0.2, 0.25) is 0 Å². The third-order valence-corrected chi connectivity index (χ3v) is 6.65. The Morgan fingerprint density at radius 2 is 2.00 bits per heavy atom. The van der Waals surface area contributed by atoms with Crippen molar-refractivity contribution in [3.05, 3.63) is 22.5 Å². The molecule has 0 amide bonds. The Morgan fingerprint density at radius 1 is 1.28 bits per heavy atom. The minimum absolute atomic E-state index is 0.178. The molecule has 5 atom stereocenters. The van der Waals surface area contributed by atoms with E-state index in [0.29, 0.717) is 49.5 Å². The molecule has 0 spiro atoms. The van der Waals surface area contributed by atoms with Crippen molar-refractivity contribution in [1.82, 2.24) is 0 Å². The lowest BCUT2D eigenvalue weighted by molar-refractivity contribution is -0.142. The van der Waals surface area contributed by atoms with Crippen molar-refractivity contribution in [2.75, 3.05) is 6.61 Å². The van der Waals surface area contributed by atoms with E-state index >= 15 is 0 Å². The summed E-state index contributed by atoms with van der Waals surface area (Å²) in [4.78, 5) is 23.4. The van der Waals surface area contributed by atoms with Gasteiger partial charge in [0.25, 0.3) is 0 Å². The first-order valence-corrected chi connectivity index (χ1v) is 10.8. The first-order chi connectivity index (χ1) is 13.6. The molecule has 2 unspecified atom stereocenters. The van der Waals surface area contributed by atoms with Crippen molar-refractivity contribution in [3.8, 4) is 0 Å². The van der Waals surface area contributed by atoms with Gasteiger partial charge in [0.1, 0.15) is 17.5 Å². The van der Waals surface area contributed by atoms with E-state index < -0.39 is 17.8 Å². The van der Waals surface area contributed by atoms with Crippen molar-refractivity contribution >= 4 is 11.8 Å². The SMILES string of the molecule is CC(=O)OCC(C)CCCC(C)C1=C2CC3=C(CC[C@H](O)C3=O)O[C@@]2(C)C[C@H]1O. The summed E-state index contributed by atoms with van der Waals surface area (Å²) in [5.74, 6) is 0.700. The molecular weight excluding hydrogens is 372 g/mol. The molecule has 3 rings (SSSR count). The molecule has 0 aromatic heterocycles. The second kappa shape index (κ2) is 8.60. The summed E-state index contributed by atoms with van der Waals surface area (Å²) in [6.07, 6.45) is 3.30. The Bertz CT molecular complexity index is 736. The monoisotopic (exact) mass is 406 g/mol. The maximum atomic E-state index is 12.5. The molecule has 0 aromatic carbocycles. The highest BCUT2D eigenvalue weighted by molar-refractivity contribution is 6.00. The van der Waals surface area contributed by atoms with Crippen LogP contribution in [0.4, 0.5) is 0 Å². The molecule has 0 bridgehead atoms. The number of esters is 1. The first kappa shape index (κ1) is 22.0. The summed E-state index contributed by atoms with van der Waals surface area (Å²) >= 11 is 0. The molecule has 1 heterocycles. The highest BCUT2D eigenvalue weighted by Crippen LogP contribution is 2.51. The average Bonchev–Trinajstić information content (AvgIpc) is 2.90. The van der Waals surface area contributed by atoms with Crippen LogP contribution in [-0.4, -0.2) is 46.4 Å². The Balaban J connectivity index is 1.69. The zero-order valence-corrected chi connectivity index (χ0v) is 18.0. The van der Waals surface area contributed by atoms with E-state index in [9.17, 15) is 19.8 Å². The van der Waals surface area contributed by atoms with E-state index in [4.69, 9.17) is 9.47 Å². The van der Waals surface area contributed by atoms with Gasteiger partial charge in [-0.25, -0.2) is 0 Å². The van der Waals surface area contributed by atoms with Crippen LogP contribution in [0.25, 0.3) is 0 Å². The van der Waals surface area contributed by atoms with Crippen LogP contribution in [0.2, 0.25) is 0 Å². The fourth-order valence-corrected chi connectivity index (χ4v) is 5.03. The van der Waals surface area contributed by atoms with E-state index in [0.717, 1.165) is 30.4 Å². The van der Waals surface area contributed by atoms with Gasteiger partial charge in [-0.2, -0.15) is 0 Å². The lowest BCUT2D eigenvalue weighted by Crippen LogP contribution is -2.39. The highest BCUT2D eigenvalue weighted by Gasteiger charge is 2.49. The van der Waals surface area contributed by atoms with Crippen LogP contribution in [0.3, 0.4) is 0 Å². The van der Waals surface area contributed by atoms with Gasteiger partial charge in [0, 0.05) is 31.8 Å². The Kier molecular flexibility index (Phi) is 6.54. The number of fused-ring (bicyclic) bond motifs is 1. The van der Waals surface area contributed by atoms with Crippen LogP contribution >= 0.6 is 0 Å². The third kappa shape index (κ3) is 4.58. The topological polar surface area (TPSA) is 93.1 Å². The summed E-state index contributed by atoms with van der Waals surface area (Å²) in [5.41, 5.74) is 2.05. The molecule has 6 heteroatoms. The number of aliphatic hydroxyl groups excluding tert-OH is 2. The number of rotatable bonds is 7. The summed E-state index contributed by atoms with van der Waals surface area (Å²) in [5, 5.41) is 20.8. The van der Waals surface area contributed by atoms with E-state index in [-0.39, 0.29) is 17.7 Å². The number of hydrogen-bond donors (Lipinski definition) is 2. The summed E-state index contributed by atoms with van der Waals surface area (Å²) in [7, 11) is 0. The van der Waals surface area contributed by atoms with Gasteiger partial charge in [0.15, 0.2) is 5.78 Å². The smallest absolute Gasteiger partial charge is 0.302 e. The largest absolute Gasteiger partial charge is 0.487 e. The Labute approximate surface area is 173 Å². The maximum absolute atomic E-state index is 12.5. The van der Waals surface area contributed by atoms with Gasteiger partial charge in [-0.3, -0.25) is 9.59 Å². The van der Waals surface area contributed by atoms with Crippen LogP contribution in [0, 0.1) is 11.8 Å². The molecule has 1 aliphatic heterocycles. The van der Waals surface area contributed by atoms with Crippen LogP contribution in [0.5, 0.6) is 0 Å². The lowest BCUT2D eigenvalue weighted by atomic mass is 9.80. The standard InChI is InChI=1S/C23H34O6/c1-13(12-28-15(3)24)6-5-7-14(2)21-17-10-16-20(9-8-18(25)22(16)27)29-23(17,4)11-19(21)26/h13-14,18-19,25-26H,5-12H2,1-4H3/t13?,14?,18-,19+,23-/m0/s1. The highest BCUT2D eigenvalue weighted by atomic mass is 16.5. The fraction of sp³-hybridized carbons (Fsp3) is 0.739. The van der Waals surface area contributed by atoms with Gasteiger partial charge in [-0.1, -0.05) is 20.3 Å². The third-order valence-electron chi connectivity index (χ3n) is 6.65. The second-order valence-electron chi connectivity index (χ2n) is 9.22. The molecule has 2 N–H and O–H groups in total. The van der Waals surface area contributed by atoms with Crippen molar-refractivity contribution < 1.29 is 29.3 Å². The quantitative estimate of drug-likeness (QED) is 0.498. The number of aliphatic hydroxyl groups is 2. The molecule has 6 nitrogen and oxygen atoms in total. The van der Waals surface area contributed by atoms with Crippen molar-refractivity contribution in [3.63, 3.8) is 0 Å². The van der Waals surface area contributed by atoms with Crippen LogP contribution in [0.1, 0.15) is 72.6 Å². The lowest BCUT2D eigenvalue weighted by Gasteiger charge is -2.39. The second-order valence-corrected chi connectivity index (χ2v) is 9.22. The number of ether oxygens (including phenoxy) is 2. The van der Waals surface area contributed by atoms with E-state index in [1.807, 2.05) is 6.92 Å². The Hall–Kier alpha value is -1.66. The van der Waals surface area contributed by atoms with Crippen molar-refractivity contribution in [1.29, 1.82) is 0 Å². The zero-order chi connectivity index (χ0) is 21.3. The predicted molar refractivity (Wildman–Crippen MR) is 108 cm³/mol. The van der Waals surface area contributed by atoms with Gasteiger partial charge in [-0.15, -0.1) is 0 Å². The molecule has 3 aliphatic rings. The first-order valence-electron chi connectivity index (χ1n) is 10.8. The van der Waals surface area contributed by atoms with Crippen LogP contribution in [0.15, 0.2) is 22.5 Å². The molecule has 162 valence electrons. The molecule has 0 fully saturated rings. The maximum Gasteiger partial charge on any atom is 0.302 e. The molecule has 0 aromatic rings.